The summed E-state index contributed by atoms with van der Waals surface area (Å²) in [6.07, 6.45) is 1.12. The Kier molecular flexibility index (Phi) is 3.80. The number of halogens is 2. The van der Waals surface area contributed by atoms with Gasteiger partial charge in [0, 0.05) is 10.6 Å². The summed E-state index contributed by atoms with van der Waals surface area (Å²) in [7, 11) is 0. The van der Waals surface area contributed by atoms with Crippen LogP contribution >= 0.6 is 23.4 Å². The lowest BCUT2D eigenvalue weighted by Crippen LogP contribution is -1.85. The second kappa shape index (κ2) is 5.32. The van der Waals surface area contributed by atoms with E-state index in [0.717, 1.165) is 11.9 Å². The topological polar surface area (TPSA) is 12.9 Å². The van der Waals surface area contributed by atoms with E-state index in [4.69, 9.17) is 11.6 Å². The monoisotopic (exact) mass is 253 g/mol. The molecule has 0 aliphatic rings. The number of thioether (sulfide) groups is 1. The summed E-state index contributed by atoms with van der Waals surface area (Å²) in [5.41, 5.74) is 1.17. The molecule has 0 unspecified atom stereocenters. The molecule has 1 aromatic carbocycles. The predicted molar refractivity (Wildman–Crippen MR) is 65.2 cm³/mol. The van der Waals surface area contributed by atoms with Crippen molar-refractivity contribution in [2.24, 2.45) is 0 Å². The van der Waals surface area contributed by atoms with Crippen LogP contribution in [-0.2, 0) is 5.75 Å². The summed E-state index contributed by atoms with van der Waals surface area (Å²) in [5.74, 6) is 0.395. The van der Waals surface area contributed by atoms with Gasteiger partial charge in [0.05, 0.1) is 6.20 Å². The largest absolute Gasteiger partial charge is 0.240 e. The number of hydrogen-bond acceptors (Lipinski definition) is 2. The van der Waals surface area contributed by atoms with Crippen molar-refractivity contribution in [3.63, 3.8) is 0 Å². The quantitative estimate of drug-likeness (QED) is 0.602. The second-order valence-corrected chi connectivity index (χ2v) is 4.59. The Labute approximate surface area is 103 Å². The Balaban J connectivity index is 2.08. The molecule has 0 fully saturated rings. The molecule has 1 nitrogen and oxygen atoms in total. The first-order valence-electron chi connectivity index (χ1n) is 4.73. The SMILES string of the molecule is Fc1cnc(Cl)c(SCc2ccccc2)c1. The molecule has 2 aromatic rings. The lowest BCUT2D eigenvalue weighted by atomic mass is 10.2. The highest BCUT2D eigenvalue weighted by Crippen LogP contribution is 2.28. The van der Waals surface area contributed by atoms with Crippen LogP contribution in [0, 0.1) is 5.82 Å². The van der Waals surface area contributed by atoms with E-state index in [2.05, 4.69) is 4.98 Å². The van der Waals surface area contributed by atoms with E-state index in [1.165, 1.54) is 23.4 Å². The van der Waals surface area contributed by atoms with E-state index < -0.39 is 0 Å². The average molecular weight is 254 g/mol. The Hall–Kier alpha value is -1.06. The first-order chi connectivity index (χ1) is 7.75. The van der Waals surface area contributed by atoms with Crippen molar-refractivity contribution in [3.05, 3.63) is 59.1 Å². The summed E-state index contributed by atoms with van der Waals surface area (Å²) in [5, 5.41) is 0.349. The van der Waals surface area contributed by atoms with Crippen molar-refractivity contribution in [2.45, 2.75) is 10.6 Å². The van der Waals surface area contributed by atoms with E-state index in [1.54, 1.807) is 0 Å². The zero-order valence-electron chi connectivity index (χ0n) is 8.36. The van der Waals surface area contributed by atoms with Crippen LogP contribution in [0.2, 0.25) is 5.15 Å². The van der Waals surface area contributed by atoms with Gasteiger partial charge in [0.25, 0.3) is 0 Å². The van der Waals surface area contributed by atoms with E-state index in [-0.39, 0.29) is 5.82 Å². The van der Waals surface area contributed by atoms with Gasteiger partial charge in [0.15, 0.2) is 0 Å². The number of nitrogens with zero attached hydrogens (tertiary/aromatic N) is 1. The van der Waals surface area contributed by atoms with Crippen LogP contribution in [0.4, 0.5) is 4.39 Å². The number of hydrogen-bond donors (Lipinski definition) is 0. The third-order valence-corrected chi connectivity index (χ3v) is 3.52. The number of rotatable bonds is 3. The molecule has 0 saturated carbocycles. The van der Waals surface area contributed by atoms with Crippen LogP contribution in [0.3, 0.4) is 0 Å². The Morgan fingerprint density at radius 1 is 1.25 bits per heavy atom. The van der Waals surface area contributed by atoms with Gasteiger partial charge in [-0.25, -0.2) is 9.37 Å². The first kappa shape index (κ1) is 11.4. The molecule has 82 valence electrons. The third kappa shape index (κ3) is 2.97. The van der Waals surface area contributed by atoms with Crippen molar-refractivity contribution in [1.82, 2.24) is 4.98 Å². The zero-order valence-corrected chi connectivity index (χ0v) is 9.93. The molecule has 0 aliphatic heterocycles. The lowest BCUT2D eigenvalue weighted by Gasteiger charge is -2.03. The van der Waals surface area contributed by atoms with Crippen LogP contribution in [-0.4, -0.2) is 4.98 Å². The number of benzene rings is 1. The Bertz CT molecular complexity index is 476. The molecular formula is C12H9ClFNS. The standard InChI is InChI=1S/C12H9ClFNS/c13-12-11(6-10(14)7-15-12)16-8-9-4-2-1-3-5-9/h1-7H,8H2. The van der Waals surface area contributed by atoms with Crippen LogP contribution in [0.15, 0.2) is 47.5 Å². The van der Waals surface area contributed by atoms with E-state index in [1.807, 2.05) is 30.3 Å². The van der Waals surface area contributed by atoms with Crippen LogP contribution in [0.25, 0.3) is 0 Å². The molecule has 0 aliphatic carbocycles. The lowest BCUT2D eigenvalue weighted by molar-refractivity contribution is 0.617. The van der Waals surface area contributed by atoms with Gasteiger partial charge in [0.2, 0.25) is 0 Å². The summed E-state index contributed by atoms with van der Waals surface area (Å²) in [6.45, 7) is 0. The fraction of sp³-hybridized carbons (Fsp3) is 0.0833. The molecule has 0 bridgehead atoms. The Morgan fingerprint density at radius 3 is 2.75 bits per heavy atom. The zero-order chi connectivity index (χ0) is 11.4. The summed E-state index contributed by atoms with van der Waals surface area (Å²) < 4.78 is 12.9. The van der Waals surface area contributed by atoms with Crippen molar-refractivity contribution in [1.29, 1.82) is 0 Å². The molecule has 1 heterocycles. The first-order valence-corrected chi connectivity index (χ1v) is 6.10. The van der Waals surface area contributed by atoms with Gasteiger partial charge in [-0.1, -0.05) is 41.9 Å². The molecule has 0 saturated heterocycles. The fourth-order valence-corrected chi connectivity index (χ4v) is 2.39. The van der Waals surface area contributed by atoms with Crippen LogP contribution < -0.4 is 0 Å². The van der Waals surface area contributed by atoms with E-state index in [9.17, 15) is 4.39 Å². The average Bonchev–Trinajstić information content (AvgIpc) is 2.32. The molecule has 0 radical (unpaired) electrons. The van der Waals surface area contributed by atoms with E-state index >= 15 is 0 Å². The molecule has 0 atom stereocenters. The Morgan fingerprint density at radius 2 is 2.00 bits per heavy atom. The number of aromatic nitrogens is 1. The summed E-state index contributed by atoms with van der Waals surface area (Å²) in [6, 6.07) is 11.4. The van der Waals surface area contributed by atoms with Gasteiger partial charge in [0.1, 0.15) is 11.0 Å². The van der Waals surface area contributed by atoms with Crippen molar-refractivity contribution >= 4 is 23.4 Å². The summed E-state index contributed by atoms with van der Waals surface area (Å²) >= 11 is 7.34. The minimum Gasteiger partial charge on any atom is -0.240 e. The predicted octanol–water partition coefficient (Wildman–Crippen LogP) is 4.17. The van der Waals surface area contributed by atoms with Gasteiger partial charge in [-0.05, 0) is 11.6 Å². The molecule has 16 heavy (non-hydrogen) atoms. The van der Waals surface area contributed by atoms with Gasteiger partial charge in [-0.2, -0.15) is 0 Å². The van der Waals surface area contributed by atoms with Crippen molar-refractivity contribution in [3.8, 4) is 0 Å². The molecule has 0 N–H and O–H groups in total. The highest BCUT2D eigenvalue weighted by atomic mass is 35.5. The maximum absolute atomic E-state index is 12.9. The highest BCUT2D eigenvalue weighted by molar-refractivity contribution is 7.98. The highest BCUT2D eigenvalue weighted by Gasteiger charge is 2.04. The maximum atomic E-state index is 12.9. The van der Waals surface area contributed by atoms with Crippen LogP contribution in [0.5, 0.6) is 0 Å². The summed E-state index contributed by atoms with van der Waals surface area (Å²) in [4.78, 5) is 4.43. The molecule has 0 amide bonds. The minimum atomic E-state index is -0.361. The van der Waals surface area contributed by atoms with Crippen molar-refractivity contribution < 1.29 is 4.39 Å². The van der Waals surface area contributed by atoms with Crippen molar-refractivity contribution in [2.75, 3.05) is 0 Å². The van der Waals surface area contributed by atoms with Gasteiger partial charge >= 0.3 is 0 Å². The van der Waals surface area contributed by atoms with Gasteiger partial charge in [-0.3, -0.25) is 0 Å². The normalized spacial score (nSPS) is 10.4. The molecule has 2 rings (SSSR count). The molecular weight excluding hydrogens is 245 g/mol. The third-order valence-electron chi connectivity index (χ3n) is 2.01. The minimum absolute atomic E-state index is 0.349. The van der Waals surface area contributed by atoms with Gasteiger partial charge in [-0.15, -0.1) is 11.8 Å². The number of pyridine rings is 1. The van der Waals surface area contributed by atoms with E-state index in [0.29, 0.717) is 10.0 Å². The maximum Gasteiger partial charge on any atom is 0.142 e. The van der Waals surface area contributed by atoms with Gasteiger partial charge < -0.3 is 0 Å². The molecule has 4 heteroatoms. The second-order valence-electron chi connectivity index (χ2n) is 3.22. The molecule has 0 spiro atoms. The van der Waals surface area contributed by atoms with Crippen LogP contribution in [0.1, 0.15) is 5.56 Å². The fourth-order valence-electron chi connectivity index (χ4n) is 1.24. The molecule has 1 aromatic heterocycles. The smallest absolute Gasteiger partial charge is 0.142 e.